The Bertz CT molecular complexity index is 364. The summed E-state index contributed by atoms with van der Waals surface area (Å²) in [6, 6.07) is 4.58. The molecule has 0 bridgehead atoms. The Labute approximate surface area is 99.6 Å². The molecule has 0 amide bonds. The van der Waals surface area contributed by atoms with Crippen molar-refractivity contribution in [1.82, 2.24) is 5.32 Å². The molecule has 0 saturated carbocycles. The maximum Gasteiger partial charge on any atom is 0.0208 e. The van der Waals surface area contributed by atoms with Crippen LogP contribution in [0.4, 0.5) is 0 Å². The summed E-state index contributed by atoms with van der Waals surface area (Å²) in [4.78, 5) is 0. The maximum absolute atomic E-state index is 3.47. The molecule has 1 heteroatoms. The zero-order valence-corrected chi connectivity index (χ0v) is 10.9. The fourth-order valence-corrected chi connectivity index (χ4v) is 1.79. The van der Waals surface area contributed by atoms with Crippen LogP contribution in [0.2, 0.25) is 0 Å². The van der Waals surface area contributed by atoms with Crippen LogP contribution in [-0.2, 0) is 6.54 Å². The topological polar surface area (TPSA) is 12.0 Å². The second kappa shape index (κ2) is 6.49. The molecule has 1 aromatic rings. The Kier molecular flexibility index (Phi) is 5.27. The van der Waals surface area contributed by atoms with Crippen LogP contribution in [0.25, 0.3) is 0 Å². The van der Waals surface area contributed by atoms with E-state index in [2.05, 4.69) is 57.3 Å². The number of hydrogen-bond acceptors (Lipinski definition) is 1. The molecule has 0 fully saturated rings. The third-order valence-electron chi connectivity index (χ3n) is 2.99. The predicted molar refractivity (Wildman–Crippen MR) is 71.8 cm³/mol. The van der Waals surface area contributed by atoms with E-state index in [0.717, 1.165) is 19.5 Å². The van der Waals surface area contributed by atoms with Crippen molar-refractivity contribution in [3.8, 4) is 0 Å². The molecule has 0 atom stereocenters. The van der Waals surface area contributed by atoms with Gasteiger partial charge in [-0.15, -0.1) is 0 Å². The average Bonchev–Trinajstić information content (AvgIpc) is 2.25. The highest BCUT2D eigenvalue weighted by Gasteiger charge is 2.00. The van der Waals surface area contributed by atoms with Gasteiger partial charge in [-0.25, -0.2) is 0 Å². The van der Waals surface area contributed by atoms with Gasteiger partial charge in [-0.05, 0) is 62.9 Å². The zero-order valence-electron chi connectivity index (χ0n) is 10.9. The minimum absolute atomic E-state index is 0.977. The van der Waals surface area contributed by atoms with Crippen molar-refractivity contribution in [2.45, 2.75) is 40.7 Å². The highest BCUT2D eigenvalue weighted by atomic mass is 14.8. The van der Waals surface area contributed by atoms with E-state index in [4.69, 9.17) is 0 Å². The SMILES string of the molecule is C/C=C/CCNCc1cc(C)c(C)cc1C. The van der Waals surface area contributed by atoms with Crippen LogP contribution in [0.5, 0.6) is 0 Å². The lowest BCUT2D eigenvalue weighted by Crippen LogP contribution is -2.15. The fraction of sp³-hybridized carbons (Fsp3) is 0.467. The molecule has 1 rings (SSSR count). The fourth-order valence-electron chi connectivity index (χ4n) is 1.79. The normalized spacial score (nSPS) is 11.2. The van der Waals surface area contributed by atoms with Crippen LogP contribution in [0.3, 0.4) is 0 Å². The molecule has 0 radical (unpaired) electrons. The minimum atomic E-state index is 0.977. The second-order valence-corrected chi connectivity index (χ2v) is 4.40. The number of rotatable bonds is 5. The van der Waals surface area contributed by atoms with Crippen LogP contribution in [0.15, 0.2) is 24.3 Å². The van der Waals surface area contributed by atoms with E-state index < -0.39 is 0 Å². The van der Waals surface area contributed by atoms with Crippen molar-refractivity contribution in [1.29, 1.82) is 0 Å². The first-order valence-corrected chi connectivity index (χ1v) is 6.03. The highest BCUT2D eigenvalue weighted by molar-refractivity contribution is 5.36. The van der Waals surface area contributed by atoms with Gasteiger partial charge in [-0.2, -0.15) is 0 Å². The molecule has 0 spiro atoms. The van der Waals surface area contributed by atoms with Gasteiger partial charge in [0.1, 0.15) is 0 Å². The molecule has 16 heavy (non-hydrogen) atoms. The lowest BCUT2D eigenvalue weighted by atomic mass is 10.0. The molecule has 1 aromatic carbocycles. The van der Waals surface area contributed by atoms with E-state index in [0.29, 0.717) is 0 Å². The van der Waals surface area contributed by atoms with Gasteiger partial charge in [0.15, 0.2) is 0 Å². The molecular weight excluding hydrogens is 194 g/mol. The van der Waals surface area contributed by atoms with E-state index in [-0.39, 0.29) is 0 Å². The summed E-state index contributed by atoms with van der Waals surface area (Å²) in [6.45, 7) is 10.6. The summed E-state index contributed by atoms with van der Waals surface area (Å²) < 4.78 is 0. The predicted octanol–water partition coefficient (Wildman–Crippen LogP) is 3.67. The summed E-state index contributed by atoms with van der Waals surface area (Å²) in [6.07, 6.45) is 5.41. The van der Waals surface area contributed by atoms with Crippen LogP contribution < -0.4 is 5.32 Å². The third kappa shape index (κ3) is 3.82. The van der Waals surface area contributed by atoms with Crippen molar-refractivity contribution in [3.63, 3.8) is 0 Å². The van der Waals surface area contributed by atoms with Crippen LogP contribution in [-0.4, -0.2) is 6.54 Å². The Morgan fingerprint density at radius 1 is 1.06 bits per heavy atom. The molecule has 88 valence electrons. The van der Waals surface area contributed by atoms with Crippen molar-refractivity contribution in [2.24, 2.45) is 0 Å². The van der Waals surface area contributed by atoms with Crippen molar-refractivity contribution < 1.29 is 0 Å². The number of benzene rings is 1. The standard InChI is InChI=1S/C15H23N/c1-5-6-7-8-16-11-15-10-13(3)12(2)9-14(15)4/h5-6,9-10,16H,7-8,11H2,1-4H3/b6-5+. The summed E-state index contributed by atoms with van der Waals surface area (Å²) in [5.41, 5.74) is 5.58. The van der Waals surface area contributed by atoms with Gasteiger partial charge in [0.05, 0.1) is 0 Å². The molecule has 0 unspecified atom stereocenters. The number of nitrogens with one attached hydrogen (secondary N) is 1. The molecule has 0 aliphatic rings. The number of hydrogen-bond donors (Lipinski definition) is 1. The first-order chi connectivity index (χ1) is 7.65. The molecule has 0 heterocycles. The molecule has 0 aliphatic heterocycles. The van der Waals surface area contributed by atoms with Gasteiger partial charge < -0.3 is 5.32 Å². The average molecular weight is 217 g/mol. The van der Waals surface area contributed by atoms with Crippen molar-refractivity contribution in [3.05, 3.63) is 46.5 Å². The first-order valence-electron chi connectivity index (χ1n) is 6.03. The van der Waals surface area contributed by atoms with Gasteiger partial charge >= 0.3 is 0 Å². The van der Waals surface area contributed by atoms with E-state index in [9.17, 15) is 0 Å². The van der Waals surface area contributed by atoms with Gasteiger partial charge in [-0.1, -0.05) is 24.3 Å². The molecule has 0 aliphatic carbocycles. The van der Waals surface area contributed by atoms with Crippen molar-refractivity contribution >= 4 is 0 Å². The van der Waals surface area contributed by atoms with E-state index >= 15 is 0 Å². The quantitative estimate of drug-likeness (QED) is 0.586. The summed E-state index contributed by atoms with van der Waals surface area (Å²) >= 11 is 0. The highest BCUT2D eigenvalue weighted by Crippen LogP contribution is 2.14. The third-order valence-corrected chi connectivity index (χ3v) is 2.99. The molecule has 0 saturated heterocycles. The second-order valence-electron chi connectivity index (χ2n) is 4.40. The van der Waals surface area contributed by atoms with Crippen LogP contribution >= 0.6 is 0 Å². The van der Waals surface area contributed by atoms with E-state index in [1.165, 1.54) is 22.3 Å². The smallest absolute Gasteiger partial charge is 0.0208 e. The summed E-state index contributed by atoms with van der Waals surface area (Å²) in [5, 5.41) is 3.47. The summed E-state index contributed by atoms with van der Waals surface area (Å²) in [7, 11) is 0. The maximum atomic E-state index is 3.47. The van der Waals surface area contributed by atoms with E-state index in [1.54, 1.807) is 0 Å². The Morgan fingerprint density at radius 3 is 2.44 bits per heavy atom. The van der Waals surface area contributed by atoms with E-state index in [1.807, 2.05) is 0 Å². The first kappa shape index (κ1) is 13.0. The molecule has 0 aromatic heterocycles. The molecule has 1 N–H and O–H groups in total. The molecular formula is C15H23N. The van der Waals surface area contributed by atoms with Gasteiger partial charge in [0, 0.05) is 6.54 Å². The zero-order chi connectivity index (χ0) is 12.0. The number of aryl methyl sites for hydroxylation is 3. The lowest BCUT2D eigenvalue weighted by molar-refractivity contribution is 0.692. The summed E-state index contributed by atoms with van der Waals surface area (Å²) in [5.74, 6) is 0. The Morgan fingerprint density at radius 2 is 1.75 bits per heavy atom. The van der Waals surface area contributed by atoms with Crippen LogP contribution in [0.1, 0.15) is 35.6 Å². The van der Waals surface area contributed by atoms with Crippen molar-refractivity contribution in [2.75, 3.05) is 6.54 Å². The van der Waals surface area contributed by atoms with Crippen LogP contribution in [0, 0.1) is 20.8 Å². The molecule has 1 nitrogen and oxygen atoms in total. The largest absolute Gasteiger partial charge is 0.312 e. The minimum Gasteiger partial charge on any atom is -0.312 e. The number of allylic oxidation sites excluding steroid dienone is 1. The van der Waals surface area contributed by atoms with Gasteiger partial charge in [0.2, 0.25) is 0 Å². The van der Waals surface area contributed by atoms with Gasteiger partial charge in [0.25, 0.3) is 0 Å². The monoisotopic (exact) mass is 217 g/mol. The Balaban J connectivity index is 2.51. The lowest BCUT2D eigenvalue weighted by Gasteiger charge is -2.10. The van der Waals surface area contributed by atoms with Gasteiger partial charge in [-0.3, -0.25) is 0 Å². The Hall–Kier alpha value is -1.08.